The van der Waals surface area contributed by atoms with E-state index in [9.17, 15) is 9.59 Å². The van der Waals surface area contributed by atoms with Crippen LogP contribution in [0.4, 0.5) is 0 Å². The minimum Gasteiger partial charge on any atom is -0.491 e. The zero-order chi connectivity index (χ0) is 20.9. The molecule has 0 aliphatic rings. The number of hydrogen-bond acceptors (Lipinski definition) is 7. The minimum absolute atomic E-state index is 0.0304. The van der Waals surface area contributed by atoms with Gasteiger partial charge in [-0.15, -0.1) is 0 Å². The second-order valence-electron chi connectivity index (χ2n) is 6.30. The number of hydrogen-bond donors (Lipinski definition) is 2. The van der Waals surface area contributed by atoms with Gasteiger partial charge in [0.1, 0.15) is 12.4 Å². The summed E-state index contributed by atoms with van der Waals surface area (Å²) in [4.78, 5) is 21.8. The normalized spacial score (nSPS) is 11.8. The number of thiophene rings is 1. The molecule has 2 aromatic rings. The molecule has 0 amide bonds. The van der Waals surface area contributed by atoms with Crippen LogP contribution in [-0.4, -0.2) is 56.6 Å². The summed E-state index contributed by atoms with van der Waals surface area (Å²) < 4.78 is 15.7. The van der Waals surface area contributed by atoms with Crippen molar-refractivity contribution in [3.05, 3.63) is 52.2 Å². The fraction of sp³-hybridized carbons (Fsp3) is 0.429. The van der Waals surface area contributed by atoms with Gasteiger partial charge in [0.2, 0.25) is 0 Å². The summed E-state index contributed by atoms with van der Waals surface area (Å²) in [5, 5.41) is 15.9. The number of carbonyl (C=O) groups is 2. The van der Waals surface area contributed by atoms with Crippen molar-refractivity contribution in [2.75, 3.05) is 39.5 Å². The average Bonchev–Trinajstić information content (AvgIpc) is 3.26. The Hall–Kier alpha value is -2.42. The Bertz CT molecular complexity index is 732. The van der Waals surface area contributed by atoms with Crippen LogP contribution >= 0.6 is 11.3 Å². The van der Waals surface area contributed by atoms with Crippen molar-refractivity contribution in [3.63, 3.8) is 0 Å². The number of benzene rings is 1. The number of carboxylic acid groups (broad SMARTS) is 1. The van der Waals surface area contributed by atoms with Gasteiger partial charge in [0.05, 0.1) is 13.2 Å². The third-order valence-corrected chi connectivity index (χ3v) is 4.91. The lowest BCUT2D eigenvalue weighted by Crippen LogP contribution is -2.28. The van der Waals surface area contributed by atoms with Gasteiger partial charge in [-0.1, -0.05) is 12.1 Å². The number of rotatable bonds is 13. The van der Waals surface area contributed by atoms with E-state index < -0.39 is 11.9 Å². The molecule has 1 heterocycles. The fourth-order valence-corrected chi connectivity index (χ4v) is 3.38. The highest BCUT2D eigenvalue weighted by Crippen LogP contribution is 2.19. The van der Waals surface area contributed by atoms with Crippen LogP contribution < -0.4 is 10.1 Å². The number of aliphatic carboxylic acids is 1. The zero-order valence-corrected chi connectivity index (χ0v) is 17.3. The second kappa shape index (κ2) is 12.9. The molecule has 1 atom stereocenters. The Morgan fingerprint density at radius 2 is 1.97 bits per heavy atom. The van der Waals surface area contributed by atoms with Crippen molar-refractivity contribution in [1.82, 2.24) is 5.32 Å². The van der Waals surface area contributed by atoms with Crippen molar-refractivity contribution < 1.29 is 28.9 Å². The molecule has 0 saturated carbocycles. The molecule has 0 fully saturated rings. The molecule has 8 heteroatoms. The summed E-state index contributed by atoms with van der Waals surface area (Å²) in [6.07, 6.45) is 0.838. The molecule has 0 aliphatic heterocycles. The van der Waals surface area contributed by atoms with Crippen molar-refractivity contribution in [2.24, 2.45) is 0 Å². The van der Waals surface area contributed by atoms with E-state index in [1.54, 1.807) is 11.3 Å². The molecule has 1 aromatic heterocycles. The molecule has 158 valence electrons. The fourth-order valence-electron chi connectivity index (χ4n) is 2.64. The topological polar surface area (TPSA) is 94.1 Å². The standard InChI is InChI=1S/C21H27NO6S/c1-2-26-10-11-27-19-5-3-16(4-6-19)7-9-22-13-18(17-8-12-29-15-17)14-28-21(25)20(23)24/h3-6,8,12,15,18,22H,2,7,9-11,13-14H2,1H3,(H,23,24). The SMILES string of the molecule is CCOCCOc1ccc(CCNCC(COC(=O)C(=O)O)c2ccsc2)cc1. The van der Waals surface area contributed by atoms with Crippen molar-refractivity contribution in [3.8, 4) is 5.75 Å². The number of ether oxygens (including phenoxy) is 3. The molecular formula is C21H27NO6S. The van der Waals surface area contributed by atoms with E-state index in [2.05, 4.69) is 5.32 Å². The van der Waals surface area contributed by atoms with E-state index in [1.165, 1.54) is 5.56 Å². The zero-order valence-electron chi connectivity index (χ0n) is 16.5. The molecule has 1 aromatic carbocycles. The van der Waals surface area contributed by atoms with Crippen LogP contribution in [0.2, 0.25) is 0 Å². The van der Waals surface area contributed by atoms with E-state index in [1.807, 2.05) is 48.0 Å². The van der Waals surface area contributed by atoms with E-state index in [0.717, 1.165) is 24.3 Å². The monoisotopic (exact) mass is 421 g/mol. The van der Waals surface area contributed by atoms with Gasteiger partial charge in [0.25, 0.3) is 0 Å². The first-order valence-electron chi connectivity index (χ1n) is 9.52. The van der Waals surface area contributed by atoms with Gasteiger partial charge >= 0.3 is 11.9 Å². The van der Waals surface area contributed by atoms with Crippen molar-refractivity contribution >= 4 is 23.3 Å². The van der Waals surface area contributed by atoms with Crippen LogP contribution in [0, 0.1) is 0 Å². The van der Waals surface area contributed by atoms with Gasteiger partial charge in [-0.05, 0) is 60.0 Å². The Morgan fingerprint density at radius 3 is 2.62 bits per heavy atom. The largest absolute Gasteiger partial charge is 0.491 e. The van der Waals surface area contributed by atoms with Gasteiger partial charge in [-0.25, -0.2) is 9.59 Å². The highest BCUT2D eigenvalue weighted by molar-refractivity contribution is 7.08. The minimum atomic E-state index is -1.58. The summed E-state index contributed by atoms with van der Waals surface area (Å²) in [5.74, 6) is -2.08. The first-order valence-corrected chi connectivity index (χ1v) is 10.5. The Kier molecular flexibility index (Phi) is 10.2. The molecule has 1 unspecified atom stereocenters. The first kappa shape index (κ1) is 22.9. The van der Waals surface area contributed by atoms with E-state index in [-0.39, 0.29) is 12.5 Å². The molecule has 0 saturated heterocycles. The van der Waals surface area contributed by atoms with Crippen LogP contribution in [0.5, 0.6) is 5.75 Å². The number of esters is 1. The van der Waals surface area contributed by atoms with Gasteiger partial charge in [-0.3, -0.25) is 0 Å². The summed E-state index contributed by atoms with van der Waals surface area (Å²) in [7, 11) is 0. The Balaban J connectivity index is 1.73. The maximum absolute atomic E-state index is 11.2. The summed E-state index contributed by atoms with van der Waals surface area (Å²) >= 11 is 1.55. The number of carbonyl (C=O) groups excluding carboxylic acids is 1. The summed E-state index contributed by atoms with van der Waals surface area (Å²) in [6, 6.07) is 9.91. The van der Waals surface area contributed by atoms with Crippen molar-refractivity contribution in [2.45, 2.75) is 19.3 Å². The predicted octanol–water partition coefficient (Wildman–Crippen LogP) is 2.71. The Morgan fingerprint density at radius 1 is 1.17 bits per heavy atom. The molecule has 2 rings (SSSR count). The van der Waals surface area contributed by atoms with Gasteiger partial charge in [-0.2, -0.15) is 11.3 Å². The average molecular weight is 422 g/mol. The summed E-state index contributed by atoms with van der Waals surface area (Å²) in [6.45, 7) is 5.11. The number of carboxylic acids is 1. The highest BCUT2D eigenvalue weighted by atomic mass is 32.1. The molecule has 2 N–H and O–H groups in total. The lowest BCUT2D eigenvalue weighted by molar-refractivity contribution is -0.164. The molecule has 0 bridgehead atoms. The smallest absolute Gasteiger partial charge is 0.417 e. The lowest BCUT2D eigenvalue weighted by Gasteiger charge is -2.16. The first-order chi connectivity index (χ1) is 14.1. The predicted molar refractivity (Wildman–Crippen MR) is 111 cm³/mol. The molecule has 0 radical (unpaired) electrons. The van der Waals surface area contributed by atoms with Gasteiger partial charge in [0.15, 0.2) is 0 Å². The second-order valence-corrected chi connectivity index (χ2v) is 7.08. The third-order valence-electron chi connectivity index (χ3n) is 4.21. The molecule has 7 nitrogen and oxygen atoms in total. The van der Waals surface area contributed by atoms with Crippen LogP contribution in [-0.2, 0) is 25.5 Å². The number of nitrogens with one attached hydrogen (secondary N) is 1. The molecule has 0 aliphatic carbocycles. The molecular weight excluding hydrogens is 394 g/mol. The molecule has 29 heavy (non-hydrogen) atoms. The third kappa shape index (κ3) is 8.64. The van der Waals surface area contributed by atoms with E-state index in [0.29, 0.717) is 26.4 Å². The van der Waals surface area contributed by atoms with Crippen LogP contribution in [0.3, 0.4) is 0 Å². The maximum atomic E-state index is 11.2. The molecule has 0 spiro atoms. The van der Waals surface area contributed by atoms with Gasteiger partial charge in [0, 0.05) is 19.1 Å². The summed E-state index contributed by atoms with van der Waals surface area (Å²) in [5.41, 5.74) is 2.20. The van der Waals surface area contributed by atoms with Crippen molar-refractivity contribution in [1.29, 1.82) is 0 Å². The van der Waals surface area contributed by atoms with Crippen LogP contribution in [0.25, 0.3) is 0 Å². The van der Waals surface area contributed by atoms with E-state index in [4.69, 9.17) is 19.3 Å². The van der Waals surface area contributed by atoms with Crippen LogP contribution in [0.15, 0.2) is 41.1 Å². The maximum Gasteiger partial charge on any atom is 0.417 e. The Labute approximate surface area is 174 Å². The quantitative estimate of drug-likeness (QED) is 0.292. The highest BCUT2D eigenvalue weighted by Gasteiger charge is 2.18. The van der Waals surface area contributed by atoms with Crippen LogP contribution in [0.1, 0.15) is 24.0 Å². The van der Waals surface area contributed by atoms with E-state index >= 15 is 0 Å². The van der Waals surface area contributed by atoms with Gasteiger partial charge < -0.3 is 24.6 Å². The lowest BCUT2D eigenvalue weighted by atomic mass is 10.0.